The van der Waals surface area contributed by atoms with Gasteiger partial charge in [0.25, 0.3) is 0 Å². The van der Waals surface area contributed by atoms with E-state index in [0.717, 1.165) is 42.6 Å². The van der Waals surface area contributed by atoms with E-state index in [-0.39, 0.29) is 0 Å². The van der Waals surface area contributed by atoms with Crippen molar-refractivity contribution in [2.75, 3.05) is 6.54 Å². The van der Waals surface area contributed by atoms with Crippen LogP contribution in [0.2, 0.25) is 0 Å². The van der Waals surface area contributed by atoms with Crippen molar-refractivity contribution in [2.24, 2.45) is 29.6 Å². The molecule has 2 heterocycles. The highest BCUT2D eigenvalue weighted by atomic mass is 15.0. The Morgan fingerprint density at radius 2 is 1.74 bits per heavy atom. The lowest BCUT2D eigenvalue weighted by Gasteiger charge is -2.56. The van der Waals surface area contributed by atoms with Crippen molar-refractivity contribution in [3.63, 3.8) is 0 Å². The molecular weight excluding hydrogens is 234 g/mol. The molecule has 4 fully saturated rings. The molecule has 1 aromatic heterocycles. The number of fused-ring (bicyclic) bond motifs is 1. The Kier molecular flexibility index (Phi) is 2.21. The number of aromatic nitrogens is 2. The van der Waals surface area contributed by atoms with Crippen LogP contribution in [0.4, 0.5) is 0 Å². The van der Waals surface area contributed by atoms with Crippen LogP contribution >= 0.6 is 0 Å². The maximum Gasteiger partial charge on any atom is 0.0925 e. The highest BCUT2D eigenvalue weighted by Gasteiger charge is 2.51. The maximum atomic E-state index is 4.65. The predicted octanol–water partition coefficient (Wildman–Crippen LogP) is 2.67. The number of imidazole rings is 1. The van der Waals surface area contributed by atoms with Crippen LogP contribution in [0.3, 0.4) is 0 Å². The Labute approximate surface area is 114 Å². The van der Waals surface area contributed by atoms with Gasteiger partial charge < -0.3 is 10.3 Å². The molecule has 102 valence electrons. The van der Waals surface area contributed by atoms with E-state index in [1.807, 2.05) is 6.33 Å². The van der Waals surface area contributed by atoms with Crippen molar-refractivity contribution in [1.82, 2.24) is 15.3 Å². The average molecular weight is 257 g/mol. The molecule has 19 heavy (non-hydrogen) atoms. The highest BCUT2D eigenvalue weighted by molar-refractivity contribution is 5.22. The number of nitrogens with one attached hydrogen (secondary N) is 2. The maximum absolute atomic E-state index is 4.65. The van der Waals surface area contributed by atoms with Crippen LogP contribution in [-0.4, -0.2) is 16.5 Å². The third-order valence-corrected chi connectivity index (χ3v) is 6.47. The normalized spacial score (nSPS) is 47.4. The van der Waals surface area contributed by atoms with E-state index < -0.39 is 0 Å². The Balaban J connectivity index is 1.51. The first-order valence-corrected chi connectivity index (χ1v) is 8.14. The third-order valence-electron chi connectivity index (χ3n) is 6.47. The van der Waals surface area contributed by atoms with Gasteiger partial charge in [-0.3, -0.25) is 0 Å². The van der Waals surface area contributed by atoms with Crippen molar-refractivity contribution in [3.8, 4) is 0 Å². The minimum absolute atomic E-state index is 0.546. The predicted molar refractivity (Wildman–Crippen MR) is 73.6 cm³/mol. The summed E-state index contributed by atoms with van der Waals surface area (Å²) in [5.74, 6) is 4.98. The molecular formula is C16H23N3. The second-order valence-electron chi connectivity index (χ2n) is 7.46. The molecule has 4 aliphatic carbocycles. The SMILES string of the molecule is c1nc2c([nH]1)CCNC2C1C2CC3CC(C2)CC1C3. The lowest BCUT2D eigenvalue weighted by molar-refractivity contribution is -0.0539. The zero-order valence-electron chi connectivity index (χ0n) is 11.4. The number of aromatic amines is 1. The van der Waals surface area contributed by atoms with Gasteiger partial charge in [-0.15, -0.1) is 0 Å². The second-order valence-corrected chi connectivity index (χ2v) is 7.46. The summed E-state index contributed by atoms with van der Waals surface area (Å²) in [6.45, 7) is 1.13. The summed E-state index contributed by atoms with van der Waals surface area (Å²) in [5, 5.41) is 3.81. The molecule has 0 radical (unpaired) electrons. The molecule has 5 aliphatic rings. The van der Waals surface area contributed by atoms with Crippen molar-refractivity contribution in [1.29, 1.82) is 0 Å². The van der Waals surface area contributed by atoms with E-state index in [1.54, 1.807) is 6.42 Å². The van der Waals surface area contributed by atoms with Gasteiger partial charge in [-0.25, -0.2) is 4.98 Å². The molecule has 0 saturated heterocycles. The summed E-state index contributed by atoms with van der Waals surface area (Å²) in [6.07, 6.45) is 10.6. The summed E-state index contributed by atoms with van der Waals surface area (Å²) < 4.78 is 0. The van der Waals surface area contributed by atoms with Gasteiger partial charge in [0.2, 0.25) is 0 Å². The second kappa shape index (κ2) is 3.85. The molecule has 1 aromatic rings. The number of hydrogen-bond acceptors (Lipinski definition) is 2. The molecule has 4 saturated carbocycles. The first kappa shape index (κ1) is 10.9. The van der Waals surface area contributed by atoms with E-state index in [2.05, 4.69) is 15.3 Å². The highest BCUT2D eigenvalue weighted by Crippen LogP contribution is 2.59. The topological polar surface area (TPSA) is 40.7 Å². The van der Waals surface area contributed by atoms with Gasteiger partial charge in [0.1, 0.15) is 0 Å². The van der Waals surface area contributed by atoms with E-state index in [9.17, 15) is 0 Å². The number of hydrogen-bond donors (Lipinski definition) is 2. The zero-order valence-corrected chi connectivity index (χ0v) is 11.4. The van der Waals surface area contributed by atoms with Crippen LogP contribution in [-0.2, 0) is 6.42 Å². The number of rotatable bonds is 1. The Bertz CT molecular complexity index is 464. The molecule has 3 heteroatoms. The molecule has 0 amide bonds. The van der Waals surface area contributed by atoms with Gasteiger partial charge in [-0.1, -0.05) is 0 Å². The van der Waals surface area contributed by atoms with E-state index in [0.29, 0.717) is 6.04 Å². The summed E-state index contributed by atoms with van der Waals surface area (Å²) in [6, 6.07) is 0.546. The largest absolute Gasteiger partial charge is 0.348 e. The fourth-order valence-corrected chi connectivity index (χ4v) is 6.08. The quantitative estimate of drug-likeness (QED) is 0.812. The summed E-state index contributed by atoms with van der Waals surface area (Å²) in [7, 11) is 0. The van der Waals surface area contributed by atoms with Crippen molar-refractivity contribution in [2.45, 2.75) is 44.6 Å². The van der Waals surface area contributed by atoms with Crippen LogP contribution < -0.4 is 5.32 Å². The van der Waals surface area contributed by atoms with E-state index >= 15 is 0 Å². The van der Waals surface area contributed by atoms with Crippen molar-refractivity contribution >= 4 is 0 Å². The van der Waals surface area contributed by atoms with Crippen molar-refractivity contribution < 1.29 is 0 Å². The summed E-state index contributed by atoms with van der Waals surface area (Å²) in [5.41, 5.74) is 2.75. The van der Waals surface area contributed by atoms with E-state index in [1.165, 1.54) is 37.1 Å². The van der Waals surface area contributed by atoms with Crippen LogP contribution in [0.15, 0.2) is 6.33 Å². The summed E-state index contributed by atoms with van der Waals surface area (Å²) >= 11 is 0. The molecule has 3 nitrogen and oxygen atoms in total. The molecule has 0 spiro atoms. The Hall–Kier alpha value is -0.830. The Morgan fingerprint density at radius 1 is 1.00 bits per heavy atom. The molecule has 4 bridgehead atoms. The fourth-order valence-electron chi connectivity index (χ4n) is 6.08. The standard InChI is InChI=1S/C16H23N3/c1-2-17-16(15-13(1)18-8-19-15)14-11-4-9-3-10(6-11)7-12(14)5-9/h8-12,14,16-17H,1-7H2,(H,18,19). The zero-order chi connectivity index (χ0) is 12.4. The van der Waals surface area contributed by atoms with Gasteiger partial charge in [0.15, 0.2) is 0 Å². The summed E-state index contributed by atoms with van der Waals surface area (Å²) in [4.78, 5) is 8.01. The van der Waals surface area contributed by atoms with E-state index in [4.69, 9.17) is 0 Å². The van der Waals surface area contributed by atoms with Crippen LogP contribution in [0.25, 0.3) is 0 Å². The lowest BCUT2D eigenvalue weighted by atomic mass is 9.50. The van der Waals surface area contributed by atoms with Gasteiger partial charge in [0, 0.05) is 18.7 Å². The lowest BCUT2D eigenvalue weighted by Crippen LogP contribution is -2.50. The number of H-pyrrole nitrogens is 1. The number of nitrogens with zero attached hydrogens (tertiary/aromatic N) is 1. The van der Waals surface area contributed by atoms with Gasteiger partial charge in [-0.05, 0) is 61.7 Å². The monoisotopic (exact) mass is 257 g/mol. The molecule has 1 unspecified atom stereocenters. The minimum Gasteiger partial charge on any atom is -0.348 e. The van der Waals surface area contributed by atoms with Crippen LogP contribution in [0.5, 0.6) is 0 Å². The molecule has 1 atom stereocenters. The van der Waals surface area contributed by atoms with Gasteiger partial charge in [-0.2, -0.15) is 0 Å². The fraction of sp³-hybridized carbons (Fsp3) is 0.812. The molecule has 2 N–H and O–H groups in total. The van der Waals surface area contributed by atoms with Gasteiger partial charge >= 0.3 is 0 Å². The third kappa shape index (κ3) is 1.51. The average Bonchev–Trinajstić information content (AvgIpc) is 2.86. The molecule has 0 aromatic carbocycles. The first-order chi connectivity index (χ1) is 9.38. The molecule has 1 aliphatic heterocycles. The Morgan fingerprint density at radius 3 is 2.47 bits per heavy atom. The van der Waals surface area contributed by atoms with Crippen LogP contribution in [0, 0.1) is 29.6 Å². The molecule has 6 rings (SSSR count). The van der Waals surface area contributed by atoms with Crippen molar-refractivity contribution in [3.05, 3.63) is 17.7 Å². The van der Waals surface area contributed by atoms with Gasteiger partial charge in [0.05, 0.1) is 18.1 Å². The van der Waals surface area contributed by atoms with Crippen LogP contribution in [0.1, 0.15) is 49.5 Å². The minimum atomic E-state index is 0.546. The smallest absolute Gasteiger partial charge is 0.0925 e. The first-order valence-electron chi connectivity index (χ1n) is 8.14.